The van der Waals surface area contributed by atoms with Crippen molar-refractivity contribution in [3.05, 3.63) is 18.0 Å². The number of nitrogens with one attached hydrogen (secondary N) is 1. The summed E-state index contributed by atoms with van der Waals surface area (Å²) in [5, 5.41) is 3.10. The summed E-state index contributed by atoms with van der Waals surface area (Å²) in [4.78, 5) is 0.420. The fourth-order valence-electron chi connectivity index (χ4n) is 2.58. The van der Waals surface area contributed by atoms with E-state index < -0.39 is 10.0 Å². The van der Waals surface area contributed by atoms with E-state index in [-0.39, 0.29) is 6.04 Å². The molecular weight excluding hydrogens is 286 g/mol. The molecule has 1 saturated carbocycles. The summed E-state index contributed by atoms with van der Waals surface area (Å²) in [6.07, 6.45) is 4.09. The Balaban J connectivity index is 2.31. The molecule has 1 aliphatic rings. The van der Waals surface area contributed by atoms with Gasteiger partial charge in [0.2, 0.25) is 10.0 Å². The molecule has 6 heteroatoms. The Bertz CT molecular complexity index is 574. The van der Waals surface area contributed by atoms with Crippen LogP contribution in [0.5, 0.6) is 0 Å². The third-order valence-electron chi connectivity index (χ3n) is 3.97. The van der Waals surface area contributed by atoms with Crippen molar-refractivity contribution in [3.8, 4) is 0 Å². The van der Waals surface area contributed by atoms with Crippen LogP contribution in [-0.2, 0) is 16.6 Å². The van der Waals surface area contributed by atoms with Crippen LogP contribution in [-0.4, -0.2) is 37.4 Å². The zero-order valence-corrected chi connectivity index (χ0v) is 14.3. The molecular formula is C15H27N3O2S. The molecule has 0 atom stereocenters. The van der Waals surface area contributed by atoms with Crippen LogP contribution in [0.25, 0.3) is 0 Å². The molecule has 0 unspecified atom stereocenters. The average molecular weight is 313 g/mol. The fraction of sp³-hybridized carbons (Fsp3) is 0.733. The molecule has 0 bridgehead atoms. The van der Waals surface area contributed by atoms with E-state index in [1.165, 1.54) is 0 Å². The standard InChI is InChI=1S/C15H27N3O2S/c1-5-17(10-13-6-7-13)21(19,20)15-8-14(9-16-4)18(11-15)12(2)3/h8,11-13,16H,5-7,9-10H2,1-4H3. The van der Waals surface area contributed by atoms with Crippen molar-refractivity contribution in [2.75, 3.05) is 20.1 Å². The summed E-state index contributed by atoms with van der Waals surface area (Å²) in [6.45, 7) is 7.91. The van der Waals surface area contributed by atoms with Crippen molar-refractivity contribution in [1.82, 2.24) is 14.2 Å². The van der Waals surface area contributed by atoms with Crippen molar-refractivity contribution >= 4 is 10.0 Å². The molecule has 0 aliphatic heterocycles. The van der Waals surface area contributed by atoms with Crippen molar-refractivity contribution in [1.29, 1.82) is 0 Å². The van der Waals surface area contributed by atoms with Gasteiger partial charge in [-0.2, -0.15) is 4.31 Å². The van der Waals surface area contributed by atoms with E-state index in [0.717, 1.165) is 18.5 Å². The first kappa shape index (κ1) is 16.5. The van der Waals surface area contributed by atoms with Gasteiger partial charge in [0.1, 0.15) is 4.90 Å². The van der Waals surface area contributed by atoms with Gasteiger partial charge in [-0.3, -0.25) is 0 Å². The first-order valence-electron chi connectivity index (χ1n) is 7.75. The van der Waals surface area contributed by atoms with Gasteiger partial charge in [-0.25, -0.2) is 8.42 Å². The minimum absolute atomic E-state index is 0.246. The van der Waals surface area contributed by atoms with Gasteiger partial charge in [0.05, 0.1) is 0 Å². The van der Waals surface area contributed by atoms with Gasteiger partial charge in [0.25, 0.3) is 0 Å². The summed E-state index contributed by atoms with van der Waals surface area (Å²) in [6, 6.07) is 2.05. The van der Waals surface area contributed by atoms with Crippen LogP contribution in [0.1, 0.15) is 45.3 Å². The van der Waals surface area contributed by atoms with Gasteiger partial charge in [0, 0.05) is 37.6 Å². The number of sulfonamides is 1. The van der Waals surface area contributed by atoms with Crippen molar-refractivity contribution in [2.45, 2.75) is 51.1 Å². The number of hydrogen-bond donors (Lipinski definition) is 1. The number of aromatic nitrogens is 1. The Morgan fingerprint density at radius 3 is 2.57 bits per heavy atom. The summed E-state index contributed by atoms with van der Waals surface area (Å²) in [5.74, 6) is 0.559. The summed E-state index contributed by atoms with van der Waals surface area (Å²) >= 11 is 0. The van der Waals surface area contributed by atoms with Crippen LogP contribution in [0.2, 0.25) is 0 Å². The first-order valence-corrected chi connectivity index (χ1v) is 9.19. The first-order chi connectivity index (χ1) is 9.90. The predicted molar refractivity (Wildman–Crippen MR) is 84.7 cm³/mol. The summed E-state index contributed by atoms with van der Waals surface area (Å²) in [5.41, 5.74) is 1.01. The Labute approximate surface area is 128 Å². The normalized spacial score (nSPS) is 16.1. The Morgan fingerprint density at radius 1 is 1.43 bits per heavy atom. The molecule has 0 amide bonds. The minimum atomic E-state index is -3.37. The average Bonchev–Trinajstić information content (AvgIpc) is 3.13. The molecule has 21 heavy (non-hydrogen) atoms. The third kappa shape index (κ3) is 3.67. The lowest BCUT2D eigenvalue weighted by molar-refractivity contribution is 0.412. The van der Waals surface area contributed by atoms with Gasteiger partial charge in [0.15, 0.2) is 0 Å². The Kier molecular flexibility index (Phi) is 5.11. The maximum atomic E-state index is 12.8. The molecule has 2 rings (SSSR count). The van der Waals surface area contributed by atoms with Crippen molar-refractivity contribution in [2.24, 2.45) is 5.92 Å². The maximum absolute atomic E-state index is 12.8. The quantitative estimate of drug-likeness (QED) is 0.800. The van der Waals surface area contributed by atoms with E-state index in [9.17, 15) is 8.42 Å². The second kappa shape index (κ2) is 6.50. The van der Waals surface area contributed by atoms with Gasteiger partial charge < -0.3 is 9.88 Å². The second-order valence-corrected chi connectivity index (χ2v) is 8.04. The molecule has 1 aromatic rings. The summed E-state index contributed by atoms with van der Waals surface area (Å²) < 4.78 is 29.3. The highest BCUT2D eigenvalue weighted by atomic mass is 32.2. The molecule has 1 N–H and O–H groups in total. The fourth-order valence-corrected chi connectivity index (χ4v) is 4.15. The van der Waals surface area contributed by atoms with Crippen LogP contribution in [0.4, 0.5) is 0 Å². The highest BCUT2D eigenvalue weighted by Crippen LogP contribution is 2.32. The minimum Gasteiger partial charge on any atom is -0.346 e. The van der Waals surface area contributed by atoms with Crippen LogP contribution < -0.4 is 5.32 Å². The second-order valence-electron chi connectivity index (χ2n) is 6.10. The van der Waals surface area contributed by atoms with Gasteiger partial charge >= 0.3 is 0 Å². The van der Waals surface area contributed by atoms with Crippen LogP contribution in [0.3, 0.4) is 0 Å². The molecule has 0 aromatic carbocycles. The highest BCUT2D eigenvalue weighted by Gasteiger charge is 2.31. The molecule has 1 heterocycles. The van der Waals surface area contributed by atoms with Gasteiger partial charge in [-0.05, 0) is 45.7 Å². The molecule has 1 fully saturated rings. The van der Waals surface area contributed by atoms with E-state index in [1.807, 2.05) is 18.5 Å². The lowest BCUT2D eigenvalue weighted by Crippen LogP contribution is -2.32. The lowest BCUT2D eigenvalue weighted by atomic mass is 10.3. The Hall–Kier alpha value is -0.850. The highest BCUT2D eigenvalue weighted by molar-refractivity contribution is 7.89. The third-order valence-corrected chi connectivity index (χ3v) is 5.88. The maximum Gasteiger partial charge on any atom is 0.244 e. The summed E-state index contributed by atoms with van der Waals surface area (Å²) in [7, 11) is -1.50. The zero-order chi connectivity index (χ0) is 15.6. The molecule has 5 nitrogen and oxygen atoms in total. The molecule has 0 saturated heterocycles. The van der Waals surface area contributed by atoms with Crippen LogP contribution >= 0.6 is 0 Å². The largest absolute Gasteiger partial charge is 0.346 e. The predicted octanol–water partition coefficient (Wildman–Crippen LogP) is 2.21. The smallest absolute Gasteiger partial charge is 0.244 e. The van der Waals surface area contributed by atoms with E-state index in [1.54, 1.807) is 16.6 Å². The number of rotatable bonds is 8. The SMILES string of the molecule is CCN(CC1CC1)S(=O)(=O)c1cc(CNC)n(C(C)C)c1. The molecule has 0 radical (unpaired) electrons. The topological polar surface area (TPSA) is 54.3 Å². The molecule has 120 valence electrons. The van der Waals surface area contributed by atoms with Crippen molar-refractivity contribution in [3.63, 3.8) is 0 Å². The molecule has 1 aliphatic carbocycles. The van der Waals surface area contributed by atoms with E-state index >= 15 is 0 Å². The van der Waals surface area contributed by atoms with E-state index in [2.05, 4.69) is 19.2 Å². The van der Waals surface area contributed by atoms with E-state index in [0.29, 0.717) is 30.4 Å². The van der Waals surface area contributed by atoms with Gasteiger partial charge in [-0.15, -0.1) is 0 Å². The Morgan fingerprint density at radius 2 is 2.10 bits per heavy atom. The number of hydrogen-bond acceptors (Lipinski definition) is 3. The molecule has 0 spiro atoms. The monoisotopic (exact) mass is 313 g/mol. The zero-order valence-electron chi connectivity index (χ0n) is 13.5. The van der Waals surface area contributed by atoms with E-state index in [4.69, 9.17) is 0 Å². The number of nitrogens with zero attached hydrogens (tertiary/aromatic N) is 2. The van der Waals surface area contributed by atoms with Crippen LogP contribution in [0, 0.1) is 5.92 Å². The molecule has 1 aromatic heterocycles. The van der Waals surface area contributed by atoms with Gasteiger partial charge in [-0.1, -0.05) is 6.92 Å². The van der Waals surface area contributed by atoms with Crippen molar-refractivity contribution < 1.29 is 8.42 Å². The van der Waals surface area contributed by atoms with Crippen LogP contribution in [0.15, 0.2) is 17.2 Å². The lowest BCUT2D eigenvalue weighted by Gasteiger charge is -2.19.